The van der Waals surface area contributed by atoms with Crippen LogP contribution in [0, 0.1) is 5.92 Å². The Morgan fingerprint density at radius 1 is 1.27 bits per heavy atom. The molecule has 0 spiro atoms. The maximum atomic E-state index is 9.89. The molecule has 5 nitrogen and oxygen atoms in total. The van der Waals surface area contributed by atoms with Crippen LogP contribution in [0.15, 0.2) is 23.2 Å². The first-order valence-electron chi connectivity index (χ1n) is 7.79. The fraction of sp³-hybridized carbons (Fsp3) is 0.588. The Morgan fingerprint density at radius 3 is 2.59 bits per heavy atom. The molecule has 0 saturated heterocycles. The summed E-state index contributed by atoms with van der Waals surface area (Å²) in [5.74, 6) is 2.41. The van der Waals surface area contributed by atoms with Crippen molar-refractivity contribution in [3.05, 3.63) is 23.8 Å². The Morgan fingerprint density at radius 2 is 2.00 bits per heavy atom. The molecule has 0 aromatic heterocycles. The van der Waals surface area contributed by atoms with Crippen LogP contribution < -0.4 is 15.4 Å². The summed E-state index contributed by atoms with van der Waals surface area (Å²) < 4.78 is 5.18. The first-order valence-corrected chi connectivity index (χ1v) is 7.79. The normalized spacial score (nSPS) is 13.1. The Bertz CT molecular complexity index is 487. The molecule has 1 aromatic rings. The van der Waals surface area contributed by atoms with Gasteiger partial charge in [0.05, 0.1) is 7.11 Å². The van der Waals surface area contributed by atoms with Gasteiger partial charge in [-0.25, -0.2) is 0 Å². The number of aromatic hydroxyl groups is 1. The predicted molar refractivity (Wildman–Crippen MR) is 91.5 cm³/mol. The number of guanidine groups is 1. The fourth-order valence-electron chi connectivity index (χ4n) is 2.09. The van der Waals surface area contributed by atoms with Crippen LogP contribution in [0.1, 0.15) is 39.2 Å². The zero-order valence-electron chi connectivity index (χ0n) is 14.3. The van der Waals surface area contributed by atoms with Crippen molar-refractivity contribution in [3.63, 3.8) is 0 Å². The Labute approximate surface area is 133 Å². The van der Waals surface area contributed by atoms with Gasteiger partial charge in [0.2, 0.25) is 0 Å². The van der Waals surface area contributed by atoms with Gasteiger partial charge in [-0.05, 0) is 43.9 Å². The first kappa shape index (κ1) is 18.1. The minimum atomic E-state index is 0.247. The highest BCUT2D eigenvalue weighted by Crippen LogP contribution is 2.22. The molecule has 0 saturated carbocycles. The van der Waals surface area contributed by atoms with Gasteiger partial charge in [0.15, 0.2) is 5.96 Å². The van der Waals surface area contributed by atoms with E-state index >= 15 is 0 Å². The number of ether oxygens (including phenoxy) is 1. The van der Waals surface area contributed by atoms with Crippen LogP contribution in [-0.4, -0.2) is 31.3 Å². The van der Waals surface area contributed by atoms with Crippen LogP contribution in [0.2, 0.25) is 0 Å². The molecule has 0 fully saturated rings. The van der Waals surface area contributed by atoms with E-state index in [4.69, 9.17) is 4.74 Å². The van der Waals surface area contributed by atoms with Crippen LogP contribution in [0.4, 0.5) is 0 Å². The van der Waals surface area contributed by atoms with Gasteiger partial charge in [0, 0.05) is 25.2 Å². The molecule has 0 heterocycles. The third-order valence-electron chi connectivity index (χ3n) is 3.52. The molecule has 1 aromatic carbocycles. The Balaban J connectivity index is 2.54. The second-order valence-electron chi connectivity index (χ2n) is 5.94. The third-order valence-corrected chi connectivity index (χ3v) is 3.52. The van der Waals surface area contributed by atoms with Crippen LogP contribution >= 0.6 is 0 Å². The molecule has 22 heavy (non-hydrogen) atoms. The van der Waals surface area contributed by atoms with Gasteiger partial charge in [-0.3, -0.25) is 4.99 Å². The quantitative estimate of drug-likeness (QED) is 0.535. The van der Waals surface area contributed by atoms with Gasteiger partial charge < -0.3 is 20.5 Å². The zero-order valence-corrected chi connectivity index (χ0v) is 14.3. The summed E-state index contributed by atoms with van der Waals surface area (Å²) in [7, 11) is 3.36. The molecule has 0 aliphatic rings. The third kappa shape index (κ3) is 6.24. The molecule has 3 N–H and O–H groups in total. The molecule has 0 aliphatic carbocycles. The summed E-state index contributed by atoms with van der Waals surface area (Å²) in [4.78, 5) is 4.22. The second kappa shape index (κ2) is 9.18. The molecule has 1 atom stereocenters. The molecular weight excluding hydrogens is 278 g/mol. The molecule has 0 aliphatic heterocycles. The number of nitrogens with one attached hydrogen (secondary N) is 2. The minimum Gasteiger partial charge on any atom is -0.508 e. The average molecular weight is 307 g/mol. The number of aliphatic imine (C=N–C) groups is 1. The summed E-state index contributed by atoms with van der Waals surface area (Å²) in [6.07, 6.45) is 2.28. The molecule has 1 unspecified atom stereocenters. The highest BCUT2D eigenvalue weighted by Gasteiger charge is 2.08. The molecule has 0 radical (unpaired) electrons. The molecule has 0 bridgehead atoms. The minimum absolute atomic E-state index is 0.247. The van der Waals surface area contributed by atoms with Crippen LogP contribution in [-0.2, 0) is 6.54 Å². The van der Waals surface area contributed by atoms with Gasteiger partial charge in [0.25, 0.3) is 0 Å². The van der Waals surface area contributed by atoms with Crippen molar-refractivity contribution in [2.45, 2.75) is 46.2 Å². The van der Waals surface area contributed by atoms with Gasteiger partial charge in [-0.15, -0.1) is 0 Å². The van der Waals surface area contributed by atoms with E-state index in [-0.39, 0.29) is 5.75 Å². The van der Waals surface area contributed by atoms with E-state index in [1.165, 1.54) is 6.42 Å². The van der Waals surface area contributed by atoms with E-state index in [1.54, 1.807) is 26.3 Å². The lowest BCUT2D eigenvalue weighted by Gasteiger charge is -2.19. The van der Waals surface area contributed by atoms with Gasteiger partial charge in [-0.2, -0.15) is 0 Å². The van der Waals surface area contributed by atoms with Crippen molar-refractivity contribution in [2.24, 2.45) is 10.9 Å². The van der Waals surface area contributed by atoms with Crippen molar-refractivity contribution >= 4 is 5.96 Å². The summed E-state index contributed by atoms with van der Waals surface area (Å²) in [6.45, 7) is 7.09. The monoisotopic (exact) mass is 307 g/mol. The lowest BCUT2D eigenvalue weighted by molar-refractivity contribution is 0.410. The smallest absolute Gasteiger partial charge is 0.191 e. The number of phenolic OH excluding ortho intramolecular Hbond substituents is 1. The van der Waals surface area contributed by atoms with Crippen LogP contribution in [0.5, 0.6) is 11.5 Å². The van der Waals surface area contributed by atoms with E-state index in [9.17, 15) is 5.11 Å². The number of hydrogen-bond donors (Lipinski definition) is 3. The predicted octanol–water partition coefficient (Wildman–Crippen LogP) is 2.89. The first-order chi connectivity index (χ1) is 10.5. The van der Waals surface area contributed by atoms with Crippen LogP contribution in [0.3, 0.4) is 0 Å². The van der Waals surface area contributed by atoms with Gasteiger partial charge in [0.1, 0.15) is 11.5 Å². The summed E-state index contributed by atoms with van der Waals surface area (Å²) in [6, 6.07) is 5.54. The number of rotatable bonds is 7. The van der Waals surface area contributed by atoms with E-state index in [0.29, 0.717) is 18.5 Å². The van der Waals surface area contributed by atoms with Crippen molar-refractivity contribution in [1.29, 1.82) is 0 Å². The van der Waals surface area contributed by atoms with E-state index < -0.39 is 0 Å². The Kier molecular flexibility index (Phi) is 7.57. The lowest BCUT2D eigenvalue weighted by Crippen LogP contribution is -2.41. The number of benzene rings is 1. The largest absolute Gasteiger partial charge is 0.508 e. The Hall–Kier alpha value is -1.91. The topological polar surface area (TPSA) is 65.9 Å². The number of nitrogens with zero attached hydrogens (tertiary/aromatic N) is 1. The fourth-order valence-corrected chi connectivity index (χ4v) is 2.09. The lowest BCUT2D eigenvalue weighted by atomic mass is 10.0. The SMILES string of the molecule is CN=C(NCc1cc(OC)ccc1O)NC(C)CCC(C)C. The molecule has 124 valence electrons. The van der Waals surface area contributed by atoms with E-state index in [0.717, 1.165) is 23.7 Å². The maximum absolute atomic E-state index is 9.89. The number of hydrogen-bond acceptors (Lipinski definition) is 3. The molecule has 5 heteroatoms. The highest BCUT2D eigenvalue weighted by molar-refractivity contribution is 5.80. The molecule has 1 rings (SSSR count). The standard InChI is InChI=1S/C17H29N3O2/c1-12(2)6-7-13(3)20-17(18-4)19-11-14-10-15(22-5)8-9-16(14)21/h8-10,12-13,21H,6-7,11H2,1-5H3,(H2,18,19,20). The van der Waals surface area contributed by atoms with Gasteiger partial charge >= 0.3 is 0 Å². The van der Waals surface area contributed by atoms with Crippen molar-refractivity contribution in [1.82, 2.24) is 10.6 Å². The van der Waals surface area contributed by atoms with E-state index in [2.05, 4.69) is 36.4 Å². The van der Waals surface area contributed by atoms with Crippen molar-refractivity contribution in [3.8, 4) is 11.5 Å². The second-order valence-corrected chi connectivity index (χ2v) is 5.94. The molecule has 0 amide bonds. The zero-order chi connectivity index (χ0) is 16.5. The van der Waals surface area contributed by atoms with Crippen molar-refractivity contribution in [2.75, 3.05) is 14.2 Å². The molecular formula is C17H29N3O2. The summed E-state index contributed by atoms with van der Waals surface area (Å²) >= 11 is 0. The van der Waals surface area contributed by atoms with E-state index in [1.807, 2.05) is 6.07 Å². The average Bonchev–Trinajstić information content (AvgIpc) is 2.50. The van der Waals surface area contributed by atoms with Gasteiger partial charge in [-0.1, -0.05) is 13.8 Å². The van der Waals surface area contributed by atoms with Crippen molar-refractivity contribution < 1.29 is 9.84 Å². The number of phenols is 1. The van der Waals surface area contributed by atoms with Crippen LogP contribution in [0.25, 0.3) is 0 Å². The number of methoxy groups -OCH3 is 1. The maximum Gasteiger partial charge on any atom is 0.191 e. The summed E-state index contributed by atoms with van der Waals surface area (Å²) in [5, 5.41) is 16.5. The summed E-state index contributed by atoms with van der Waals surface area (Å²) in [5.41, 5.74) is 0.775. The highest BCUT2D eigenvalue weighted by atomic mass is 16.5.